The lowest BCUT2D eigenvalue weighted by Crippen LogP contribution is -2.08. The minimum Gasteiger partial charge on any atom is -0.477 e. The molecule has 0 unspecified atom stereocenters. The van der Waals surface area contributed by atoms with E-state index >= 15 is 0 Å². The smallest absolute Gasteiger partial charge is 0.352 e. The Morgan fingerprint density at radius 1 is 1.44 bits per heavy atom. The number of hydrogen-bond acceptors (Lipinski definition) is 2. The van der Waals surface area contributed by atoms with E-state index in [0.29, 0.717) is 35.6 Å². The predicted molar refractivity (Wildman–Crippen MR) is 66.9 cm³/mol. The van der Waals surface area contributed by atoms with Crippen LogP contribution >= 0.6 is 11.6 Å². The molecule has 0 saturated heterocycles. The van der Waals surface area contributed by atoms with Crippen LogP contribution in [-0.4, -0.2) is 27.3 Å². The number of pyridine rings is 1. The van der Waals surface area contributed by atoms with E-state index in [1.54, 1.807) is 16.7 Å². The number of unbranched alkanes of at least 4 members (excludes halogenated alkanes) is 1. The summed E-state index contributed by atoms with van der Waals surface area (Å²) in [6.07, 6.45) is 1.00. The summed E-state index contributed by atoms with van der Waals surface area (Å²) >= 11 is 5.77. The van der Waals surface area contributed by atoms with Gasteiger partial charge in [0.05, 0.1) is 17.7 Å². The number of carboxylic acids is 1. The molecule has 0 aromatic carbocycles. The first-order chi connectivity index (χ1) is 8.63. The third kappa shape index (κ3) is 2.46. The molecule has 0 fully saturated rings. The molecule has 2 aromatic heterocycles. The molecule has 2 rings (SSSR count). The first-order valence-electron chi connectivity index (χ1n) is 5.58. The maximum atomic E-state index is 12.1. The molecule has 0 saturated carbocycles. The molecule has 6 heteroatoms. The van der Waals surface area contributed by atoms with E-state index in [1.807, 2.05) is 0 Å². The fourth-order valence-corrected chi connectivity index (χ4v) is 2.05. The molecule has 0 aliphatic heterocycles. The normalized spacial score (nSPS) is 11.0. The Morgan fingerprint density at radius 3 is 2.89 bits per heavy atom. The maximum Gasteiger partial charge on any atom is 0.352 e. The van der Waals surface area contributed by atoms with Gasteiger partial charge in [-0.15, -0.1) is 0 Å². The van der Waals surface area contributed by atoms with Crippen LogP contribution in [0.15, 0.2) is 18.2 Å². The Kier molecular flexibility index (Phi) is 3.81. The molecule has 1 N–H and O–H groups in total. The van der Waals surface area contributed by atoms with Crippen molar-refractivity contribution in [2.75, 3.05) is 6.67 Å². The van der Waals surface area contributed by atoms with Gasteiger partial charge in [-0.25, -0.2) is 9.78 Å². The van der Waals surface area contributed by atoms with Crippen molar-refractivity contribution in [3.63, 3.8) is 0 Å². The number of carbonyl (C=O) groups is 1. The minimum absolute atomic E-state index is 0.152. The average molecular weight is 271 g/mol. The number of fused-ring (bicyclic) bond motifs is 1. The van der Waals surface area contributed by atoms with E-state index in [1.165, 1.54) is 6.07 Å². The summed E-state index contributed by atoms with van der Waals surface area (Å²) in [4.78, 5) is 15.2. The van der Waals surface area contributed by atoms with E-state index in [4.69, 9.17) is 16.7 Å². The topological polar surface area (TPSA) is 55.1 Å². The molecule has 0 aliphatic rings. The lowest BCUT2D eigenvalue weighted by molar-refractivity contribution is 0.0685. The molecule has 0 bridgehead atoms. The largest absolute Gasteiger partial charge is 0.477 e. The summed E-state index contributed by atoms with van der Waals surface area (Å²) in [5.74, 6) is -1.02. The van der Waals surface area contributed by atoms with Crippen LogP contribution in [0.1, 0.15) is 23.3 Å². The molecule has 2 aromatic rings. The van der Waals surface area contributed by atoms with Gasteiger partial charge in [0.1, 0.15) is 10.8 Å². The molecular formula is C12H12ClFN2O2. The van der Waals surface area contributed by atoms with Gasteiger partial charge in [0, 0.05) is 6.54 Å². The van der Waals surface area contributed by atoms with Crippen LogP contribution in [-0.2, 0) is 6.54 Å². The average Bonchev–Trinajstić information content (AvgIpc) is 2.68. The zero-order valence-corrected chi connectivity index (χ0v) is 10.3. The zero-order valence-electron chi connectivity index (χ0n) is 9.57. The number of alkyl halides is 1. The van der Waals surface area contributed by atoms with Crippen LogP contribution in [0.5, 0.6) is 0 Å². The molecular weight excluding hydrogens is 259 g/mol. The number of halogens is 2. The van der Waals surface area contributed by atoms with Crippen molar-refractivity contribution in [2.24, 2.45) is 0 Å². The van der Waals surface area contributed by atoms with Crippen LogP contribution in [0.4, 0.5) is 4.39 Å². The quantitative estimate of drug-likeness (QED) is 0.671. The number of rotatable bonds is 5. The zero-order chi connectivity index (χ0) is 13.1. The van der Waals surface area contributed by atoms with Crippen LogP contribution < -0.4 is 0 Å². The van der Waals surface area contributed by atoms with Crippen LogP contribution in [0.3, 0.4) is 0 Å². The maximum absolute atomic E-state index is 12.1. The fourth-order valence-electron chi connectivity index (χ4n) is 1.90. The van der Waals surface area contributed by atoms with E-state index in [9.17, 15) is 9.18 Å². The third-order valence-corrected chi connectivity index (χ3v) is 2.92. The predicted octanol–water partition coefficient (Wildman–Crippen LogP) is 3.14. The summed E-state index contributed by atoms with van der Waals surface area (Å²) in [5, 5.41) is 9.46. The van der Waals surface area contributed by atoms with Gasteiger partial charge in [0.25, 0.3) is 0 Å². The number of aryl methyl sites for hydroxylation is 1. The van der Waals surface area contributed by atoms with Crippen molar-refractivity contribution >= 4 is 28.6 Å². The summed E-state index contributed by atoms with van der Waals surface area (Å²) < 4.78 is 13.7. The molecule has 18 heavy (non-hydrogen) atoms. The highest BCUT2D eigenvalue weighted by Gasteiger charge is 2.15. The van der Waals surface area contributed by atoms with Crippen LogP contribution in [0.25, 0.3) is 11.0 Å². The minimum atomic E-state index is -1.02. The lowest BCUT2D eigenvalue weighted by atomic mass is 10.3. The van der Waals surface area contributed by atoms with Gasteiger partial charge in [-0.1, -0.05) is 11.6 Å². The summed E-state index contributed by atoms with van der Waals surface area (Å²) in [6, 6.07) is 4.83. The van der Waals surface area contributed by atoms with Crippen molar-refractivity contribution in [1.29, 1.82) is 0 Å². The number of hydrogen-bond donors (Lipinski definition) is 1. The Hall–Kier alpha value is -1.62. The highest BCUT2D eigenvalue weighted by molar-refractivity contribution is 6.29. The van der Waals surface area contributed by atoms with E-state index < -0.39 is 12.6 Å². The number of aromatic carboxylic acids is 1. The van der Waals surface area contributed by atoms with Gasteiger partial charge in [0.2, 0.25) is 0 Å². The van der Waals surface area contributed by atoms with Gasteiger partial charge in [-0.3, -0.25) is 4.39 Å². The summed E-state index contributed by atoms with van der Waals surface area (Å²) in [6.45, 7) is 0.0596. The molecule has 2 heterocycles. The Balaban J connectivity index is 2.45. The van der Waals surface area contributed by atoms with Gasteiger partial charge >= 0.3 is 5.97 Å². The van der Waals surface area contributed by atoms with Crippen molar-refractivity contribution in [3.05, 3.63) is 29.0 Å². The van der Waals surface area contributed by atoms with Crippen molar-refractivity contribution in [3.8, 4) is 0 Å². The lowest BCUT2D eigenvalue weighted by Gasteiger charge is -2.07. The Labute approximate surface area is 108 Å². The summed E-state index contributed by atoms with van der Waals surface area (Å²) in [5.41, 5.74) is 1.40. The number of nitrogens with zero attached hydrogens (tertiary/aromatic N) is 2. The van der Waals surface area contributed by atoms with Crippen molar-refractivity contribution in [2.45, 2.75) is 19.4 Å². The SMILES string of the molecule is O=C(O)c1cc2nc(Cl)ccc2n1CCCCF. The molecule has 4 nitrogen and oxygen atoms in total. The van der Waals surface area contributed by atoms with Crippen LogP contribution in [0, 0.1) is 0 Å². The van der Waals surface area contributed by atoms with E-state index in [-0.39, 0.29) is 5.69 Å². The highest BCUT2D eigenvalue weighted by Crippen LogP contribution is 2.21. The molecule has 0 radical (unpaired) electrons. The fraction of sp³-hybridized carbons (Fsp3) is 0.333. The molecule has 0 aliphatic carbocycles. The second-order valence-electron chi connectivity index (χ2n) is 3.92. The van der Waals surface area contributed by atoms with Crippen LogP contribution in [0.2, 0.25) is 5.15 Å². The van der Waals surface area contributed by atoms with Crippen molar-refractivity contribution < 1.29 is 14.3 Å². The first-order valence-corrected chi connectivity index (χ1v) is 5.96. The van der Waals surface area contributed by atoms with Gasteiger partial charge in [0.15, 0.2) is 0 Å². The number of aromatic nitrogens is 2. The second-order valence-corrected chi connectivity index (χ2v) is 4.31. The Morgan fingerprint density at radius 2 is 2.22 bits per heavy atom. The monoisotopic (exact) mass is 270 g/mol. The summed E-state index contributed by atoms with van der Waals surface area (Å²) in [7, 11) is 0. The standard InChI is InChI=1S/C12H12ClFN2O2/c13-11-4-3-9-8(15-11)7-10(12(17)18)16(9)6-2-1-5-14/h3-4,7H,1-2,5-6H2,(H,17,18). The Bertz CT molecular complexity index is 583. The van der Waals surface area contributed by atoms with Gasteiger partial charge < -0.3 is 9.67 Å². The van der Waals surface area contributed by atoms with Crippen molar-refractivity contribution in [1.82, 2.24) is 9.55 Å². The van der Waals surface area contributed by atoms with E-state index in [0.717, 1.165) is 0 Å². The molecule has 0 atom stereocenters. The second kappa shape index (κ2) is 5.35. The first kappa shape index (κ1) is 12.8. The molecule has 0 amide bonds. The third-order valence-electron chi connectivity index (χ3n) is 2.71. The number of carboxylic acid groups (broad SMARTS) is 1. The molecule has 0 spiro atoms. The van der Waals surface area contributed by atoms with Gasteiger partial charge in [-0.05, 0) is 31.0 Å². The van der Waals surface area contributed by atoms with Gasteiger partial charge in [-0.2, -0.15) is 0 Å². The highest BCUT2D eigenvalue weighted by atomic mass is 35.5. The van der Waals surface area contributed by atoms with E-state index in [2.05, 4.69) is 4.98 Å². The molecule has 96 valence electrons.